The number of rotatable bonds is 3. The van der Waals surface area contributed by atoms with Gasteiger partial charge in [0.15, 0.2) is 0 Å². The monoisotopic (exact) mass is 231 g/mol. The average molecular weight is 231 g/mol. The largest absolute Gasteiger partial charge is 0.314 e. The van der Waals surface area contributed by atoms with E-state index < -0.39 is 0 Å². The zero-order valence-electron chi connectivity index (χ0n) is 11.5. The molecule has 1 heteroatoms. The van der Waals surface area contributed by atoms with Gasteiger partial charge in [0.25, 0.3) is 0 Å². The van der Waals surface area contributed by atoms with Crippen molar-refractivity contribution in [2.24, 2.45) is 0 Å². The molecule has 0 aromatic heterocycles. The predicted octanol–water partition coefficient (Wildman–Crippen LogP) is 3.50. The molecule has 0 radical (unpaired) electrons. The second-order valence-corrected chi connectivity index (χ2v) is 5.97. The number of benzene rings is 1. The van der Waals surface area contributed by atoms with Crippen molar-refractivity contribution >= 4 is 0 Å². The standard InChI is InChI=1S/C16H25N/c1-16(2,17-3)12-13-9-10-14-7-5-4-6-8-15(14)11-13/h9-11,17H,4-8,12H2,1-3H3. The molecular formula is C16H25N. The van der Waals surface area contributed by atoms with Gasteiger partial charge in [-0.15, -0.1) is 0 Å². The summed E-state index contributed by atoms with van der Waals surface area (Å²) in [5.74, 6) is 0. The second-order valence-electron chi connectivity index (χ2n) is 5.97. The third-order valence-corrected chi connectivity index (χ3v) is 3.99. The van der Waals surface area contributed by atoms with Gasteiger partial charge in [-0.2, -0.15) is 0 Å². The molecule has 0 saturated carbocycles. The van der Waals surface area contributed by atoms with Crippen molar-refractivity contribution in [1.29, 1.82) is 0 Å². The van der Waals surface area contributed by atoms with Gasteiger partial charge in [-0.05, 0) is 69.7 Å². The fraction of sp³-hybridized carbons (Fsp3) is 0.625. The van der Waals surface area contributed by atoms with Crippen LogP contribution in [0, 0.1) is 0 Å². The lowest BCUT2D eigenvalue weighted by molar-refractivity contribution is 0.422. The molecule has 1 N–H and O–H groups in total. The third-order valence-electron chi connectivity index (χ3n) is 3.99. The zero-order chi connectivity index (χ0) is 12.3. The Kier molecular flexibility index (Phi) is 3.88. The van der Waals surface area contributed by atoms with Crippen molar-refractivity contribution < 1.29 is 0 Å². The number of hydrogen-bond acceptors (Lipinski definition) is 1. The van der Waals surface area contributed by atoms with E-state index >= 15 is 0 Å². The predicted molar refractivity (Wildman–Crippen MR) is 74.5 cm³/mol. The van der Waals surface area contributed by atoms with E-state index in [1.165, 1.54) is 37.7 Å². The zero-order valence-corrected chi connectivity index (χ0v) is 11.5. The first kappa shape index (κ1) is 12.6. The Morgan fingerprint density at radius 2 is 1.76 bits per heavy atom. The molecular weight excluding hydrogens is 206 g/mol. The summed E-state index contributed by atoms with van der Waals surface area (Å²) in [5.41, 5.74) is 4.87. The third kappa shape index (κ3) is 3.32. The van der Waals surface area contributed by atoms with Crippen LogP contribution in [-0.4, -0.2) is 12.6 Å². The van der Waals surface area contributed by atoms with E-state index in [0.717, 1.165) is 6.42 Å². The molecule has 0 heterocycles. The van der Waals surface area contributed by atoms with Crippen molar-refractivity contribution in [3.05, 3.63) is 34.9 Å². The minimum absolute atomic E-state index is 0.193. The molecule has 0 atom stereocenters. The summed E-state index contributed by atoms with van der Waals surface area (Å²) in [6, 6.07) is 7.13. The highest BCUT2D eigenvalue weighted by atomic mass is 14.9. The van der Waals surface area contributed by atoms with Crippen LogP contribution in [0.3, 0.4) is 0 Å². The van der Waals surface area contributed by atoms with Crippen molar-refractivity contribution in [2.75, 3.05) is 7.05 Å². The molecule has 0 bridgehead atoms. The Hall–Kier alpha value is -0.820. The van der Waals surface area contributed by atoms with E-state index in [2.05, 4.69) is 37.4 Å². The summed E-state index contributed by atoms with van der Waals surface area (Å²) in [5, 5.41) is 3.38. The van der Waals surface area contributed by atoms with Gasteiger partial charge in [-0.1, -0.05) is 24.6 Å². The fourth-order valence-corrected chi connectivity index (χ4v) is 2.67. The smallest absolute Gasteiger partial charge is 0.0162 e. The molecule has 1 nitrogen and oxygen atoms in total. The number of hydrogen-bond donors (Lipinski definition) is 1. The number of nitrogens with one attached hydrogen (secondary N) is 1. The molecule has 1 aromatic rings. The fourth-order valence-electron chi connectivity index (χ4n) is 2.67. The normalized spacial score (nSPS) is 16.4. The number of fused-ring (bicyclic) bond motifs is 1. The molecule has 94 valence electrons. The van der Waals surface area contributed by atoms with E-state index in [-0.39, 0.29) is 5.54 Å². The van der Waals surface area contributed by atoms with Crippen molar-refractivity contribution in [1.82, 2.24) is 5.32 Å². The molecule has 0 aliphatic heterocycles. The molecule has 0 unspecified atom stereocenters. The van der Waals surface area contributed by atoms with Gasteiger partial charge >= 0.3 is 0 Å². The lowest BCUT2D eigenvalue weighted by Gasteiger charge is -2.24. The average Bonchev–Trinajstić information content (AvgIpc) is 2.53. The van der Waals surface area contributed by atoms with Crippen LogP contribution in [0.25, 0.3) is 0 Å². The molecule has 17 heavy (non-hydrogen) atoms. The van der Waals surface area contributed by atoms with E-state index in [1.807, 2.05) is 7.05 Å². The van der Waals surface area contributed by atoms with E-state index in [0.29, 0.717) is 0 Å². The van der Waals surface area contributed by atoms with Crippen LogP contribution in [0.2, 0.25) is 0 Å². The SMILES string of the molecule is CNC(C)(C)Cc1ccc2c(c1)CCCCC2. The van der Waals surface area contributed by atoms with Gasteiger partial charge in [-0.25, -0.2) is 0 Å². The van der Waals surface area contributed by atoms with Gasteiger partial charge in [0, 0.05) is 5.54 Å². The molecule has 2 rings (SSSR count). The summed E-state index contributed by atoms with van der Waals surface area (Å²) in [6.45, 7) is 4.53. The number of likely N-dealkylation sites (N-methyl/N-ethyl adjacent to an activating group) is 1. The Bertz CT molecular complexity index is 379. The lowest BCUT2D eigenvalue weighted by Crippen LogP contribution is -2.38. The topological polar surface area (TPSA) is 12.0 Å². The maximum atomic E-state index is 3.38. The van der Waals surface area contributed by atoms with Crippen molar-refractivity contribution in [3.8, 4) is 0 Å². The van der Waals surface area contributed by atoms with Crippen LogP contribution in [0.4, 0.5) is 0 Å². The molecule has 1 aliphatic rings. The minimum Gasteiger partial charge on any atom is -0.314 e. The Morgan fingerprint density at radius 1 is 1.06 bits per heavy atom. The van der Waals surface area contributed by atoms with Gasteiger partial charge in [0.2, 0.25) is 0 Å². The van der Waals surface area contributed by atoms with Gasteiger partial charge in [0.1, 0.15) is 0 Å². The molecule has 1 aromatic carbocycles. The Morgan fingerprint density at radius 3 is 2.47 bits per heavy atom. The van der Waals surface area contributed by atoms with Crippen LogP contribution in [0.1, 0.15) is 49.8 Å². The summed E-state index contributed by atoms with van der Waals surface area (Å²) in [4.78, 5) is 0. The van der Waals surface area contributed by atoms with E-state index in [1.54, 1.807) is 11.1 Å². The maximum absolute atomic E-state index is 3.38. The van der Waals surface area contributed by atoms with E-state index in [4.69, 9.17) is 0 Å². The maximum Gasteiger partial charge on any atom is 0.0162 e. The first-order chi connectivity index (χ1) is 8.11. The highest BCUT2D eigenvalue weighted by molar-refractivity contribution is 5.33. The van der Waals surface area contributed by atoms with Gasteiger partial charge < -0.3 is 5.32 Å². The Balaban J connectivity index is 2.18. The lowest BCUT2D eigenvalue weighted by atomic mass is 9.92. The minimum atomic E-state index is 0.193. The van der Waals surface area contributed by atoms with Crippen LogP contribution in [-0.2, 0) is 19.3 Å². The summed E-state index contributed by atoms with van der Waals surface area (Å²) >= 11 is 0. The van der Waals surface area contributed by atoms with Crippen LogP contribution in [0.5, 0.6) is 0 Å². The first-order valence-electron chi connectivity index (χ1n) is 6.90. The highest BCUT2D eigenvalue weighted by Gasteiger charge is 2.16. The molecule has 0 amide bonds. The van der Waals surface area contributed by atoms with Crippen LogP contribution in [0.15, 0.2) is 18.2 Å². The highest BCUT2D eigenvalue weighted by Crippen LogP contribution is 2.23. The second kappa shape index (κ2) is 5.22. The summed E-state index contributed by atoms with van der Waals surface area (Å²) in [6.07, 6.45) is 7.80. The Labute approximate surface area is 106 Å². The van der Waals surface area contributed by atoms with Crippen molar-refractivity contribution in [2.45, 2.75) is 57.9 Å². The van der Waals surface area contributed by atoms with Gasteiger partial charge in [0.05, 0.1) is 0 Å². The molecule has 1 aliphatic carbocycles. The van der Waals surface area contributed by atoms with Crippen LogP contribution >= 0.6 is 0 Å². The summed E-state index contributed by atoms with van der Waals surface area (Å²) in [7, 11) is 2.05. The van der Waals surface area contributed by atoms with Crippen LogP contribution < -0.4 is 5.32 Å². The quantitative estimate of drug-likeness (QED) is 0.785. The number of aryl methyl sites for hydroxylation is 2. The van der Waals surface area contributed by atoms with Crippen molar-refractivity contribution in [3.63, 3.8) is 0 Å². The molecule has 0 fully saturated rings. The summed E-state index contributed by atoms with van der Waals surface area (Å²) < 4.78 is 0. The molecule has 0 spiro atoms. The van der Waals surface area contributed by atoms with Gasteiger partial charge in [-0.3, -0.25) is 0 Å². The first-order valence-corrected chi connectivity index (χ1v) is 6.90. The molecule has 0 saturated heterocycles. The van der Waals surface area contributed by atoms with E-state index in [9.17, 15) is 0 Å².